The lowest BCUT2D eigenvalue weighted by atomic mass is 9.89. The highest BCUT2D eigenvalue weighted by atomic mass is 16.5. The van der Waals surface area contributed by atoms with Crippen molar-refractivity contribution in [2.45, 2.75) is 50.3 Å². The Kier molecular flexibility index (Phi) is 6.21. The predicted molar refractivity (Wildman–Crippen MR) is 97.3 cm³/mol. The molecule has 1 saturated heterocycles. The summed E-state index contributed by atoms with van der Waals surface area (Å²) < 4.78 is 16.2. The number of aromatic hydroxyl groups is 1. The maximum Gasteiger partial charge on any atom is 0.379 e. The first kappa shape index (κ1) is 20.6. The molecular formula is C19H24O9. The molecule has 2 heterocycles. The van der Waals surface area contributed by atoms with Crippen LogP contribution < -0.4 is 10.4 Å². The molecule has 1 aliphatic rings. The van der Waals surface area contributed by atoms with E-state index in [1.807, 2.05) is 6.92 Å². The molecule has 0 bridgehead atoms. The third-order valence-corrected chi connectivity index (χ3v) is 4.84. The largest absolute Gasteiger partial charge is 0.502 e. The van der Waals surface area contributed by atoms with Gasteiger partial charge in [0.25, 0.3) is 0 Å². The minimum Gasteiger partial charge on any atom is -0.502 e. The van der Waals surface area contributed by atoms with Crippen molar-refractivity contribution in [3.8, 4) is 11.5 Å². The van der Waals surface area contributed by atoms with Crippen LogP contribution in [0.5, 0.6) is 11.5 Å². The second kappa shape index (κ2) is 8.46. The molecule has 9 heteroatoms. The van der Waals surface area contributed by atoms with Gasteiger partial charge in [0, 0.05) is 17.0 Å². The Morgan fingerprint density at radius 3 is 2.57 bits per heavy atom. The Morgan fingerprint density at radius 2 is 1.89 bits per heavy atom. The Bertz CT molecular complexity index is 876. The van der Waals surface area contributed by atoms with Crippen molar-refractivity contribution in [2.24, 2.45) is 0 Å². The van der Waals surface area contributed by atoms with E-state index in [-0.39, 0.29) is 16.5 Å². The zero-order valence-electron chi connectivity index (χ0n) is 15.3. The molecule has 0 saturated carbocycles. The molecule has 0 spiro atoms. The molecule has 28 heavy (non-hydrogen) atoms. The second-order valence-electron chi connectivity index (χ2n) is 6.76. The fourth-order valence-corrected chi connectivity index (χ4v) is 3.25. The average Bonchev–Trinajstić information content (AvgIpc) is 2.68. The van der Waals surface area contributed by atoms with Gasteiger partial charge >= 0.3 is 5.63 Å². The van der Waals surface area contributed by atoms with Crippen LogP contribution in [0, 0.1) is 0 Å². The molecule has 0 radical (unpaired) electrons. The SMILES string of the molecule is CCCCOc1ccc2c([C@@H]3O[C@H](CO)[C@@H](O)[C@H](O)[C@H]3O)c(O)c(=O)oc2c1. The van der Waals surface area contributed by atoms with Crippen LogP contribution in [0.25, 0.3) is 11.0 Å². The Balaban J connectivity index is 2.06. The summed E-state index contributed by atoms with van der Waals surface area (Å²) in [6, 6.07) is 4.64. The number of fused-ring (bicyclic) bond motifs is 1. The van der Waals surface area contributed by atoms with Crippen LogP contribution in [0.3, 0.4) is 0 Å². The van der Waals surface area contributed by atoms with Gasteiger partial charge in [0.05, 0.1) is 13.2 Å². The Hall–Kier alpha value is -2.17. The van der Waals surface area contributed by atoms with E-state index in [0.29, 0.717) is 12.4 Å². The summed E-state index contributed by atoms with van der Waals surface area (Å²) in [6.45, 7) is 1.89. The molecule has 1 aromatic carbocycles. The van der Waals surface area contributed by atoms with E-state index < -0.39 is 48.5 Å². The van der Waals surface area contributed by atoms with Gasteiger partial charge in [-0.15, -0.1) is 0 Å². The lowest BCUT2D eigenvalue weighted by molar-refractivity contribution is -0.231. The summed E-state index contributed by atoms with van der Waals surface area (Å²) in [7, 11) is 0. The van der Waals surface area contributed by atoms with Crippen molar-refractivity contribution >= 4 is 11.0 Å². The van der Waals surface area contributed by atoms with E-state index in [0.717, 1.165) is 12.8 Å². The van der Waals surface area contributed by atoms with Crippen molar-refractivity contribution in [3.05, 3.63) is 34.2 Å². The van der Waals surface area contributed by atoms with Gasteiger partial charge in [-0.1, -0.05) is 13.3 Å². The lowest BCUT2D eigenvalue weighted by Crippen LogP contribution is -2.55. The van der Waals surface area contributed by atoms with Crippen LogP contribution in [0.4, 0.5) is 0 Å². The smallest absolute Gasteiger partial charge is 0.379 e. The van der Waals surface area contributed by atoms with Gasteiger partial charge in [-0.25, -0.2) is 4.79 Å². The van der Waals surface area contributed by atoms with Crippen LogP contribution in [0.2, 0.25) is 0 Å². The van der Waals surface area contributed by atoms with Crippen LogP contribution in [0.15, 0.2) is 27.4 Å². The molecule has 0 amide bonds. The van der Waals surface area contributed by atoms with Gasteiger partial charge in [0.1, 0.15) is 41.9 Å². The quantitative estimate of drug-likeness (QED) is 0.341. The highest BCUT2D eigenvalue weighted by Crippen LogP contribution is 2.39. The molecule has 0 aliphatic carbocycles. The molecule has 1 fully saturated rings. The summed E-state index contributed by atoms with van der Waals surface area (Å²) in [5.41, 5.74) is -1.04. The van der Waals surface area contributed by atoms with E-state index >= 15 is 0 Å². The van der Waals surface area contributed by atoms with Crippen molar-refractivity contribution in [3.63, 3.8) is 0 Å². The molecule has 5 atom stereocenters. The summed E-state index contributed by atoms with van der Waals surface area (Å²) in [5.74, 6) is -0.314. The van der Waals surface area contributed by atoms with E-state index in [9.17, 15) is 30.3 Å². The maximum atomic E-state index is 12.1. The van der Waals surface area contributed by atoms with Crippen LogP contribution in [-0.4, -0.2) is 63.2 Å². The normalized spacial score (nSPS) is 27.8. The van der Waals surface area contributed by atoms with Crippen molar-refractivity contribution in [1.29, 1.82) is 0 Å². The fourth-order valence-electron chi connectivity index (χ4n) is 3.25. The van der Waals surface area contributed by atoms with E-state index in [4.69, 9.17) is 13.9 Å². The zero-order valence-corrected chi connectivity index (χ0v) is 15.3. The first-order valence-corrected chi connectivity index (χ1v) is 9.12. The summed E-state index contributed by atoms with van der Waals surface area (Å²) in [5, 5.41) is 50.3. The fraction of sp³-hybridized carbons (Fsp3) is 0.526. The molecule has 154 valence electrons. The van der Waals surface area contributed by atoms with E-state index in [1.54, 1.807) is 6.07 Å². The van der Waals surface area contributed by atoms with Gasteiger partial charge in [-0.05, 0) is 18.6 Å². The number of benzene rings is 1. The number of hydrogen-bond donors (Lipinski definition) is 5. The standard InChI is InChI=1S/C19H24O9/c1-2-3-6-26-9-4-5-10-11(7-9)28-19(25)15(22)13(10)18-17(24)16(23)14(21)12(8-20)27-18/h4-5,7,12,14,16-18,20-24H,2-3,6,8H2,1H3/t12-,14-,16+,17-,18+/m1/s1. The molecule has 5 N–H and O–H groups in total. The van der Waals surface area contributed by atoms with Crippen molar-refractivity contribution in [1.82, 2.24) is 0 Å². The number of unbranched alkanes of at least 4 members (excludes halogenated alkanes) is 1. The second-order valence-corrected chi connectivity index (χ2v) is 6.76. The third-order valence-electron chi connectivity index (χ3n) is 4.84. The molecule has 9 nitrogen and oxygen atoms in total. The monoisotopic (exact) mass is 396 g/mol. The summed E-state index contributed by atoms with van der Waals surface area (Å²) in [4.78, 5) is 12.1. The lowest BCUT2D eigenvalue weighted by Gasteiger charge is -2.40. The van der Waals surface area contributed by atoms with Gasteiger partial charge in [0.2, 0.25) is 5.75 Å². The Morgan fingerprint density at radius 1 is 1.14 bits per heavy atom. The number of ether oxygens (including phenoxy) is 2. The van der Waals surface area contributed by atoms with Gasteiger partial charge in [-0.2, -0.15) is 0 Å². The minimum absolute atomic E-state index is 0.0942. The molecule has 2 aromatic rings. The van der Waals surface area contributed by atoms with Gasteiger partial charge < -0.3 is 39.4 Å². The third kappa shape index (κ3) is 3.71. The number of aliphatic hydroxyl groups excluding tert-OH is 4. The zero-order chi connectivity index (χ0) is 20.4. The first-order valence-electron chi connectivity index (χ1n) is 9.12. The highest BCUT2D eigenvalue weighted by Gasteiger charge is 2.45. The predicted octanol–water partition coefficient (Wildman–Crippen LogP) is 0.192. The van der Waals surface area contributed by atoms with Crippen molar-refractivity contribution < 1.29 is 39.4 Å². The van der Waals surface area contributed by atoms with E-state index in [1.165, 1.54) is 12.1 Å². The molecule has 1 aromatic heterocycles. The highest BCUT2D eigenvalue weighted by molar-refractivity contribution is 5.84. The average molecular weight is 396 g/mol. The minimum atomic E-state index is -1.64. The maximum absolute atomic E-state index is 12.1. The van der Waals surface area contributed by atoms with Gasteiger partial charge in [-0.3, -0.25) is 0 Å². The molecule has 3 rings (SSSR count). The molecule has 0 unspecified atom stereocenters. The van der Waals surface area contributed by atoms with Crippen LogP contribution >= 0.6 is 0 Å². The van der Waals surface area contributed by atoms with Gasteiger partial charge in [0.15, 0.2) is 0 Å². The summed E-state index contributed by atoms with van der Waals surface area (Å²) in [6.07, 6.45) is -5.58. The topological polar surface area (TPSA) is 150 Å². The summed E-state index contributed by atoms with van der Waals surface area (Å²) >= 11 is 0. The first-order chi connectivity index (χ1) is 13.4. The number of aliphatic hydroxyl groups is 4. The van der Waals surface area contributed by atoms with Crippen LogP contribution in [-0.2, 0) is 4.74 Å². The Labute approximate surface area is 160 Å². The van der Waals surface area contributed by atoms with Crippen LogP contribution in [0.1, 0.15) is 31.4 Å². The number of hydrogen-bond acceptors (Lipinski definition) is 9. The van der Waals surface area contributed by atoms with E-state index in [2.05, 4.69) is 0 Å². The molecule has 1 aliphatic heterocycles. The van der Waals surface area contributed by atoms with Crippen molar-refractivity contribution in [2.75, 3.05) is 13.2 Å². The molecular weight excluding hydrogens is 372 g/mol. The number of rotatable bonds is 6.